The highest BCUT2D eigenvalue weighted by atomic mass is 79.9. The second-order valence-corrected chi connectivity index (χ2v) is 5.32. The van der Waals surface area contributed by atoms with Gasteiger partial charge in [-0.3, -0.25) is 0 Å². The van der Waals surface area contributed by atoms with Gasteiger partial charge < -0.3 is 20.1 Å². The molecule has 0 bridgehead atoms. The van der Waals surface area contributed by atoms with Crippen molar-refractivity contribution in [1.29, 1.82) is 0 Å². The highest BCUT2D eigenvalue weighted by Gasteiger charge is 2.33. The maximum absolute atomic E-state index is 12.1. The Morgan fingerprint density at radius 2 is 2.25 bits per heavy atom. The van der Waals surface area contributed by atoms with Gasteiger partial charge in [-0.15, -0.1) is 0 Å². The monoisotopic (exact) mass is 342 g/mol. The molecule has 1 aliphatic rings. The molecule has 0 aliphatic carbocycles. The van der Waals surface area contributed by atoms with Gasteiger partial charge in [0, 0.05) is 18.3 Å². The van der Waals surface area contributed by atoms with Crippen LogP contribution in [0.15, 0.2) is 22.7 Å². The van der Waals surface area contributed by atoms with E-state index in [1.54, 1.807) is 18.2 Å². The molecule has 2 rings (SSSR count). The van der Waals surface area contributed by atoms with E-state index in [4.69, 9.17) is 9.84 Å². The van der Waals surface area contributed by atoms with Gasteiger partial charge in [0.05, 0.1) is 11.6 Å². The second-order valence-electron chi connectivity index (χ2n) is 4.47. The van der Waals surface area contributed by atoms with Gasteiger partial charge in [0.2, 0.25) is 0 Å². The topological polar surface area (TPSA) is 78.9 Å². The molecule has 1 aliphatic heterocycles. The Hall–Kier alpha value is -1.76. The van der Waals surface area contributed by atoms with E-state index in [1.807, 2.05) is 0 Å². The van der Waals surface area contributed by atoms with Crippen LogP contribution in [0.2, 0.25) is 0 Å². The lowest BCUT2D eigenvalue weighted by atomic mass is 10.2. The Morgan fingerprint density at radius 3 is 2.90 bits per heavy atom. The summed E-state index contributed by atoms with van der Waals surface area (Å²) >= 11 is 3.33. The number of rotatable bonds is 3. The number of nitrogens with one attached hydrogen (secondary N) is 1. The molecule has 1 saturated heterocycles. The summed E-state index contributed by atoms with van der Waals surface area (Å²) in [5.74, 6) is -0.370. The lowest BCUT2D eigenvalue weighted by molar-refractivity contribution is -0.141. The Balaban J connectivity index is 2.09. The lowest BCUT2D eigenvalue weighted by Crippen LogP contribution is -2.42. The average Bonchev–Trinajstić information content (AvgIpc) is 2.90. The summed E-state index contributed by atoms with van der Waals surface area (Å²) in [6, 6.07) is 4.00. The fourth-order valence-electron chi connectivity index (χ4n) is 2.20. The van der Waals surface area contributed by atoms with Crippen LogP contribution in [0.25, 0.3) is 0 Å². The third-order valence-electron chi connectivity index (χ3n) is 3.20. The zero-order chi connectivity index (χ0) is 14.7. The standard InChI is InChI=1S/C13H15BrN2O4/c1-20-11-7-8(4-5-9(11)14)15-13(19)16-6-2-3-10(16)12(17)18/h4-5,7,10H,2-3,6H2,1H3,(H,15,19)(H,17,18)/t10-/m1/s1. The summed E-state index contributed by atoms with van der Waals surface area (Å²) in [7, 11) is 1.53. The molecule has 1 atom stereocenters. The average molecular weight is 343 g/mol. The zero-order valence-electron chi connectivity index (χ0n) is 10.9. The maximum Gasteiger partial charge on any atom is 0.326 e. The van der Waals surface area contributed by atoms with Crippen molar-refractivity contribution in [2.45, 2.75) is 18.9 Å². The molecule has 6 nitrogen and oxygen atoms in total. The van der Waals surface area contributed by atoms with E-state index >= 15 is 0 Å². The second kappa shape index (κ2) is 6.13. The normalized spacial score (nSPS) is 17.9. The number of amides is 2. The molecule has 1 aromatic rings. The number of carbonyl (C=O) groups is 2. The predicted octanol–water partition coefficient (Wildman–Crippen LogP) is 2.54. The van der Waals surface area contributed by atoms with Crippen molar-refractivity contribution in [3.63, 3.8) is 0 Å². The molecule has 0 unspecified atom stereocenters. The van der Waals surface area contributed by atoms with Crippen LogP contribution in [-0.4, -0.2) is 41.7 Å². The highest BCUT2D eigenvalue weighted by Crippen LogP contribution is 2.28. The molecule has 0 aromatic heterocycles. The minimum atomic E-state index is -0.967. The maximum atomic E-state index is 12.1. The van der Waals surface area contributed by atoms with E-state index in [9.17, 15) is 9.59 Å². The lowest BCUT2D eigenvalue weighted by Gasteiger charge is -2.22. The van der Waals surface area contributed by atoms with Crippen LogP contribution in [0.3, 0.4) is 0 Å². The molecule has 0 spiro atoms. The van der Waals surface area contributed by atoms with Crippen LogP contribution < -0.4 is 10.1 Å². The first-order chi connectivity index (χ1) is 9.52. The number of carbonyl (C=O) groups excluding carboxylic acids is 1. The van der Waals surface area contributed by atoms with E-state index in [1.165, 1.54) is 12.0 Å². The SMILES string of the molecule is COc1cc(NC(=O)N2CCC[C@@H]2C(=O)O)ccc1Br. The van der Waals surface area contributed by atoms with E-state index < -0.39 is 18.0 Å². The van der Waals surface area contributed by atoms with Crippen LogP contribution in [-0.2, 0) is 4.79 Å². The number of hydrogen-bond acceptors (Lipinski definition) is 3. The molecule has 1 aromatic carbocycles. The molecule has 0 saturated carbocycles. The summed E-state index contributed by atoms with van der Waals surface area (Å²) in [5.41, 5.74) is 0.561. The number of aliphatic carboxylic acids is 1. The summed E-state index contributed by atoms with van der Waals surface area (Å²) in [6.07, 6.45) is 1.19. The minimum Gasteiger partial charge on any atom is -0.495 e. The number of carboxylic acid groups (broad SMARTS) is 1. The molecule has 0 radical (unpaired) electrons. The Labute approximate surface area is 124 Å². The van der Waals surface area contributed by atoms with Crippen molar-refractivity contribution in [1.82, 2.24) is 4.90 Å². The molecule has 2 N–H and O–H groups in total. The van der Waals surface area contributed by atoms with Crippen LogP contribution in [0.4, 0.5) is 10.5 Å². The molecular weight excluding hydrogens is 328 g/mol. The van der Waals surface area contributed by atoms with Gasteiger partial charge in [-0.05, 0) is 40.9 Å². The first kappa shape index (κ1) is 14.6. The fourth-order valence-corrected chi connectivity index (χ4v) is 2.61. The number of halogens is 1. The van der Waals surface area contributed by atoms with Gasteiger partial charge in [-0.25, -0.2) is 9.59 Å². The number of ether oxygens (including phenoxy) is 1. The van der Waals surface area contributed by atoms with Gasteiger partial charge >= 0.3 is 12.0 Å². The van der Waals surface area contributed by atoms with Crippen molar-refractivity contribution in [3.05, 3.63) is 22.7 Å². The van der Waals surface area contributed by atoms with Gasteiger partial charge in [-0.2, -0.15) is 0 Å². The third-order valence-corrected chi connectivity index (χ3v) is 3.86. The highest BCUT2D eigenvalue weighted by molar-refractivity contribution is 9.10. The van der Waals surface area contributed by atoms with Crippen LogP contribution in [0.1, 0.15) is 12.8 Å². The summed E-state index contributed by atoms with van der Waals surface area (Å²) < 4.78 is 5.93. The number of benzene rings is 1. The van der Waals surface area contributed by atoms with Crippen molar-refractivity contribution in [2.24, 2.45) is 0 Å². The number of anilines is 1. The summed E-state index contributed by atoms with van der Waals surface area (Å²) in [4.78, 5) is 24.5. The Bertz CT molecular complexity index is 535. The van der Waals surface area contributed by atoms with Gasteiger partial charge in [0.25, 0.3) is 0 Å². The van der Waals surface area contributed by atoms with E-state index in [-0.39, 0.29) is 0 Å². The zero-order valence-corrected chi connectivity index (χ0v) is 12.5. The molecule has 108 valence electrons. The summed E-state index contributed by atoms with van der Waals surface area (Å²) in [6.45, 7) is 0.455. The van der Waals surface area contributed by atoms with Gasteiger partial charge in [0.15, 0.2) is 0 Å². The number of hydrogen-bond donors (Lipinski definition) is 2. The first-order valence-electron chi connectivity index (χ1n) is 6.17. The number of urea groups is 1. The van der Waals surface area contributed by atoms with Gasteiger partial charge in [-0.1, -0.05) is 0 Å². The van der Waals surface area contributed by atoms with Crippen molar-refractivity contribution in [2.75, 3.05) is 19.0 Å². The number of methoxy groups -OCH3 is 1. The van der Waals surface area contributed by atoms with Crippen LogP contribution in [0.5, 0.6) is 5.75 Å². The number of nitrogens with zero attached hydrogens (tertiary/aromatic N) is 1. The van der Waals surface area contributed by atoms with E-state index in [0.717, 1.165) is 4.47 Å². The molecular formula is C13H15BrN2O4. The smallest absolute Gasteiger partial charge is 0.326 e. The first-order valence-corrected chi connectivity index (χ1v) is 6.96. The predicted molar refractivity (Wildman–Crippen MR) is 77.1 cm³/mol. The van der Waals surface area contributed by atoms with Crippen molar-refractivity contribution < 1.29 is 19.4 Å². The third kappa shape index (κ3) is 3.04. The largest absolute Gasteiger partial charge is 0.495 e. The van der Waals surface area contributed by atoms with Crippen molar-refractivity contribution in [3.8, 4) is 5.75 Å². The quantitative estimate of drug-likeness (QED) is 0.884. The minimum absolute atomic E-state index is 0.403. The number of likely N-dealkylation sites (tertiary alicyclic amines) is 1. The van der Waals surface area contributed by atoms with Crippen LogP contribution in [0, 0.1) is 0 Å². The Kier molecular flexibility index (Phi) is 4.49. The molecule has 20 heavy (non-hydrogen) atoms. The number of carboxylic acids is 1. The van der Waals surface area contributed by atoms with E-state index in [2.05, 4.69) is 21.2 Å². The van der Waals surface area contributed by atoms with Crippen molar-refractivity contribution >= 4 is 33.6 Å². The molecule has 1 heterocycles. The molecule has 2 amide bonds. The Morgan fingerprint density at radius 1 is 1.50 bits per heavy atom. The van der Waals surface area contributed by atoms with Crippen LogP contribution >= 0.6 is 15.9 Å². The summed E-state index contributed by atoms with van der Waals surface area (Å²) in [5, 5.41) is 11.8. The molecule has 1 fully saturated rings. The van der Waals surface area contributed by atoms with Gasteiger partial charge in [0.1, 0.15) is 11.8 Å². The van der Waals surface area contributed by atoms with E-state index in [0.29, 0.717) is 30.8 Å². The fraction of sp³-hybridized carbons (Fsp3) is 0.385. The molecule has 7 heteroatoms.